The van der Waals surface area contributed by atoms with Crippen LogP contribution in [0.5, 0.6) is 0 Å². The lowest BCUT2D eigenvalue weighted by atomic mass is 10.0. The van der Waals surface area contributed by atoms with Crippen molar-refractivity contribution < 1.29 is 9.53 Å². The van der Waals surface area contributed by atoms with E-state index in [9.17, 15) is 4.79 Å². The van der Waals surface area contributed by atoms with E-state index in [0.29, 0.717) is 13.2 Å². The zero-order valence-electron chi connectivity index (χ0n) is 10.1. The number of amides is 1. The number of carbonyl (C=O) groups excluding carboxylic acids is 1. The maximum Gasteiger partial charge on any atom is 0.227 e. The molecule has 1 saturated carbocycles. The van der Waals surface area contributed by atoms with Gasteiger partial charge in [-0.25, -0.2) is 0 Å². The molecular weight excluding hydrogens is 218 g/mol. The SMILES string of the molecule is CNC1COCC1C(=O)NC1CCCC1C#N. The van der Waals surface area contributed by atoms with Crippen molar-refractivity contribution in [3.05, 3.63) is 0 Å². The highest BCUT2D eigenvalue weighted by Gasteiger charge is 2.36. The fourth-order valence-electron chi connectivity index (χ4n) is 2.67. The van der Waals surface area contributed by atoms with Crippen molar-refractivity contribution >= 4 is 5.91 Å². The van der Waals surface area contributed by atoms with Gasteiger partial charge in [0.15, 0.2) is 0 Å². The molecule has 0 bridgehead atoms. The Balaban J connectivity index is 1.90. The van der Waals surface area contributed by atoms with Gasteiger partial charge in [-0.3, -0.25) is 4.79 Å². The number of ether oxygens (including phenoxy) is 1. The first-order chi connectivity index (χ1) is 8.26. The third kappa shape index (κ3) is 2.59. The van der Waals surface area contributed by atoms with Crippen molar-refractivity contribution in [2.75, 3.05) is 20.3 Å². The number of nitrogens with one attached hydrogen (secondary N) is 2. The number of nitriles is 1. The lowest BCUT2D eigenvalue weighted by molar-refractivity contribution is -0.126. The van der Waals surface area contributed by atoms with Crippen LogP contribution in [0.1, 0.15) is 19.3 Å². The Bertz CT molecular complexity index is 326. The molecule has 2 rings (SSSR count). The van der Waals surface area contributed by atoms with Gasteiger partial charge in [-0.2, -0.15) is 5.26 Å². The third-order valence-corrected chi connectivity index (χ3v) is 3.80. The molecule has 94 valence electrons. The Morgan fingerprint density at radius 2 is 2.18 bits per heavy atom. The van der Waals surface area contributed by atoms with E-state index in [0.717, 1.165) is 19.3 Å². The Kier molecular flexibility index (Phi) is 3.97. The topological polar surface area (TPSA) is 74.2 Å². The molecule has 4 atom stereocenters. The van der Waals surface area contributed by atoms with Gasteiger partial charge < -0.3 is 15.4 Å². The Labute approximate surface area is 102 Å². The van der Waals surface area contributed by atoms with E-state index in [2.05, 4.69) is 16.7 Å². The van der Waals surface area contributed by atoms with Gasteiger partial charge in [-0.15, -0.1) is 0 Å². The van der Waals surface area contributed by atoms with Crippen LogP contribution >= 0.6 is 0 Å². The Morgan fingerprint density at radius 3 is 2.88 bits per heavy atom. The third-order valence-electron chi connectivity index (χ3n) is 3.80. The highest BCUT2D eigenvalue weighted by molar-refractivity contribution is 5.80. The van der Waals surface area contributed by atoms with Crippen molar-refractivity contribution in [2.45, 2.75) is 31.3 Å². The fraction of sp³-hybridized carbons (Fsp3) is 0.833. The zero-order valence-corrected chi connectivity index (χ0v) is 10.1. The molecule has 2 N–H and O–H groups in total. The molecule has 1 aliphatic carbocycles. The smallest absolute Gasteiger partial charge is 0.227 e. The average Bonchev–Trinajstić information content (AvgIpc) is 2.96. The number of hydrogen-bond donors (Lipinski definition) is 2. The summed E-state index contributed by atoms with van der Waals surface area (Å²) in [6, 6.07) is 2.40. The first-order valence-corrected chi connectivity index (χ1v) is 6.21. The van der Waals surface area contributed by atoms with Crippen molar-refractivity contribution in [2.24, 2.45) is 11.8 Å². The molecule has 0 aromatic carbocycles. The molecule has 0 radical (unpaired) electrons. The summed E-state index contributed by atoms with van der Waals surface area (Å²) in [7, 11) is 1.84. The number of nitrogens with zero attached hydrogens (tertiary/aromatic N) is 1. The van der Waals surface area contributed by atoms with Gasteiger partial charge in [0.2, 0.25) is 5.91 Å². The van der Waals surface area contributed by atoms with Gasteiger partial charge >= 0.3 is 0 Å². The van der Waals surface area contributed by atoms with Crippen LogP contribution in [0.25, 0.3) is 0 Å². The van der Waals surface area contributed by atoms with Crippen molar-refractivity contribution in [1.82, 2.24) is 10.6 Å². The summed E-state index contributed by atoms with van der Waals surface area (Å²) in [6.45, 7) is 1.06. The predicted molar refractivity (Wildman–Crippen MR) is 62.0 cm³/mol. The molecule has 1 saturated heterocycles. The first-order valence-electron chi connectivity index (χ1n) is 6.21. The van der Waals surface area contributed by atoms with Crippen LogP contribution in [0.3, 0.4) is 0 Å². The van der Waals surface area contributed by atoms with Crippen LogP contribution in [0, 0.1) is 23.2 Å². The molecular formula is C12H19N3O2. The van der Waals surface area contributed by atoms with Crippen molar-refractivity contribution in [1.29, 1.82) is 5.26 Å². The number of rotatable bonds is 3. The number of hydrogen-bond acceptors (Lipinski definition) is 4. The molecule has 0 aromatic rings. The highest BCUT2D eigenvalue weighted by atomic mass is 16.5. The van der Waals surface area contributed by atoms with E-state index >= 15 is 0 Å². The van der Waals surface area contributed by atoms with Crippen molar-refractivity contribution in [3.8, 4) is 6.07 Å². The molecule has 1 heterocycles. The van der Waals surface area contributed by atoms with Gasteiger partial charge in [0, 0.05) is 12.1 Å². The standard InChI is InChI=1S/C12H19N3O2/c1-14-11-7-17-6-9(11)12(16)15-10-4-2-3-8(10)5-13/h8-11,14H,2-4,6-7H2,1H3,(H,15,16). The molecule has 2 aliphatic rings. The van der Waals surface area contributed by atoms with Crippen LogP contribution in [0.15, 0.2) is 0 Å². The van der Waals surface area contributed by atoms with E-state index in [1.807, 2.05) is 7.05 Å². The monoisotopic (exact) mass is 237 g/mol. The minimum absolute atomic E-state index is 0.0192. The van der Waals surface area contributed by atoms with Gasteiger partial charge in [0.05, 0.1) is 31.1 Å². The molecule has 1 aliphatic heterocycles. The second kappa shape index (κ2) is 5.48. The average molecular weight is 237 g/mol. The summed E-state index contributed by atoms with van der Waals surface area (Å²) >= 11 is 0. The van der Waals surface area contributed by atoms with Crippen molar-refractivity contribution in [3.63, 3.8) is 0 Å². The second-order valence-electron chi connectivity index (χ2n) is 4.82. The Morgan fingerprint density at radius 1 is 1.35 bits per heavy atom. The summed E-state index contributed by atoms with van der Waals surface area (Å²) in [5, 5.41) is 15.1. The predicted octanol–water partition coefficient (Wildman–Crippen LogP) is 0.0293. The molecule has 0 spiro atoms. The summed E-state index contributed by atoms with van der Waals surface area (Å²) < 4.78 is 5.31. The molecule has 5 nitrogen and oxygen atoms in total. The second-order valence-corrected chi connectivity index (χ2v) is 4.82. The molecule has 2 fully saturated rings. The summed E-state index contributed by atoms with van der Waals surface area (Å²) in [5.74, 6) is -0.122. The largest absolute Gasteiger partial charge is 0.379 e. The molecule has 5 heteroatoms. The van der Waals surface area contributed by atoms with E-state index in [4.69, 9.17) is 10.00 Å². The first kappa shape index (κ1) is 12.3. The van der Waals surface area contributed by atoms with Gasteiger partial charge in [0.1, 0.15) is 0 Å². The van der Waals surface area contributed by atoms with Crippen LogP contribution in [0.4, 0.5) is 0 Å². The van der Waals surface area contributed by atoms with Gasteiger partial charge in [-0.05, 0) is 26.3 Å². The zero-order chi connectivity index (χ0) is 12.3. The normalized spacial score (nSPS) is 36.7. The van der Waals surface area contributed by atoms with Gasteiger partial charge in [0.25, 0.3) is 0 Å². The summed E-state index contributed by atoms with van der Waals surface area (Å²) in [5.41, 5.74) is 0. The summed E-state index contributed by atoms with van der Waals surface area (Å²) in [4.78, 5) is 12.1. The van der Waals surface area contributed by atoms with E-state index in [1.54, 1.807) is 0 Å². The maximum absolute atomic E-state index is 12.1. The summed E-state index contributed by atoms with van der Waals surface area (Å²) in [6.07, 6.45) is 2.85. The minimum Gasteiger partial charge on any atom is -0.379 e. The molecule has 0 aromatic heterocycles. The molecule has 17 heavy (non-hydrogen) atoms. The highest BCUT2D eigenvalue weighted by Crippen LogP contribution is 2.25. The van der Waals surface area contributed by atoms with E-state index in [-0.39, 0.29) is 29.8 Å². The number of likely N-dealkylation sites (N-methyl/N-ethyl adjacent to an activating group) is 1. The van der Waals surface area contributed by atoms with Crippen LogP contribution < -0.4 is 10.6 Å². The number of carbonyl (C=O) groups is 1. The maximum atomic E-state index is 12.1. The molecule has 4 unspecified atom stereocenters. The van der Waals surface area contributed by atoms with E-state index in [1.165, 1.54) is 0 Å². The fourth-order valence-corrected chi connectivity index (χ4v) is 2.67. The van der Waals surface area contributed by atoms with Crippen LogP contribution in [0.2, 0.25) is 0 Å². The lowest BCUT2D eigenvalue weighted by Crippen LogP contribution is -2.46. The lowest BCUT2D eigenvalue weighted by Gasteiger charge is -2.21. The molecule has 1 amide bonds. The van der Waals surface area contributed by atoms with Crippen LogP contribution in [-0.4, -0.2) is 38.3 Å². The van der Waals surface area contributed by atoms with Crippen LogP contribution in [-0.2, 0) is 9.53 Å². The van der Waals surface area contributed by atoms with Gasteiger partial charge in [-0.1, -0.05) is 0 Å². The minimum atomic E-state index is -0.125. The Hall–Kier alpha value is -1.12. The van der Waals surface area contributed by atoms with E-state index < -0.39 is 0 Å². The quantitative estimate of drug-likeness (QED) is 0.726.